The Morgan fingerprint density at radius 2 is 1.75 bits per heavy atom. The minimum atomic E-state index is -0.527. The Morgan fingerprint density at radius 3 is 2.42 bits per heavy atom. The molecule has 126 valence electrons. The molecule has 2 aromatic carbocycles. The van der Waals surface area contributed by atoms with E-state index in [1.54, 1.807) is 0 Å². The molecule has 1 amide bonds. The SMILES string of the molecule is CCCCCc1ccc(/C=C2\NNC(=O)C2(C)C)c2ccccc12. The van der Waals surface area contributed by atoms with E-state index in [1.165, 1.54) is 35.6 Å². The molecule has 1 aliphatic heterocycles. The predicted octanol–water partition coefficient (Wildman–Crippen LogP) is 4.57. The van der Waals surface area contributed by atoms with Gasteiger partial charge >= 0.3 is 0 Å². The molecule has 0 spiro atoms. The summed E-state index contributed by atoms with van der Waals surface area (Å²) in [5.41, 5.74) is 8.69. The number of hydrogen-bond donors (Lipinski definition) is 2. The van der Waals surface area contributed by atoms with E-state index < -0.39 is 5.41 Å². The number of carbonyl (C=O) groups excluding carboxylic acids is 1. The van der Waals surface area contributed by atoms with Gasteiger partial charge in [-0.05, 0) is 54.7 Å². The zero-order valence-corrected chi connectivity index (χ0v) is 14.8. The molecule has 0 radical (unpaired) electrons. The normalized spacial score (nSPS) is 18.0. The highest BCUT2D eigenvalue weighted by Gasteiger charge is 2.37. The average Bonchev–Trinajstić information content (AvgIpc) is 2.83. The Kier molecular flexibility index (Phi) is 4.61. The highest BCUT2D eigenvalue weighted by molar-refractivity contribution is 5.95. The summed E-state index contributed by atoms with van der Waals surface area (Å²) in [6.45, 7) is 6.12. The first kappa shape index (κ1) is 16.6. The van der Waals surface area contributed by atoms with Crippen LogP contribution in [0.3, 0.4) is 0 Å². The number of rotatable bonds is 5. The zero-order valence-electron chi connectivity index (χ0n) is 14.8. The summed E-state index contributed by atoms with van der Waals surface area (Å²) in [7, 11) is 0. The zero-order chi connectivity index (χ0) is 17.2. The van der Waals surface area contributed by atoms with Crippen molar-refractivity contribution >= 4 is 22.8 Å². The monoisotopic (exact) mass is 322 g/mol. The maximum Gasteiger partial charge on any atom is 0.249 e. The van der Waals surface area contributed by atoms with E-state index >= 15 is 0 Å². The minimum Gasteiger partial charge on any atom is -0.302 e. The average molecular weight is 322 g/mol. The van der Waals surface area contributed by atoms with Crippen LogP contribution in [0.2, 0.25) is 0 Å². The van der Waals surface area contributed by atoms with Crippen LogP contribution in [0.5, 0.6) is 0 Å². The largest absolute Gasteiger partial charge is 0.302 e. The van der Waals surface area contributed by atoms with Crippen molar-refractivity contribution in [3.05, 3.63) is 53.2 Å². The molecule has 1 saturated heterocycles. The van der Waals surface area contributed by atoms with Gasteiger partial charge < -0.3 is 5.43 Å². The van der Waals surface area contributed by atoms with Gasteiger partial charge in [-0.2, -0.15) is 0 Å². The first-order valence-electron chi connectivity index (χ1n) is 8.83. The third-order valence-corrected chi connectivity index (χ3v) is 4.95. The van der Waals surface area contributed by atoms with Crippen molar-refractivity contribution in [2.24, 2.45) is 5.41 Å². The van der Waals surface area contributed by atoms with Crippen molar-refractivity contribution in [2.75, 3.05) is 0 Å². The third-order valence-electron chi connectivity index (χ3n) is 4.95. The second kappa shape index (κ2) is 6.68. The van der Waals surface area contributed by atoms with Crippen molar-refractivity contribution in [3.8, 4) is 0 Å². The summed E-state index contributed by atoms with van der Waals surface area (Å²) in [5, 5.41) is 2.56. The Hall–Kier alpha value is -2.29. The Bertz CT molecular complexity index is 790. The van der Waals surface area contributed by atoms with Gasteiger partial charge in [0.25, 0.3) is 0 Å². The van der Waals surface area contributed by atoms with Crippen LogP contribution < -0.4 is 10.9 Å². The molecule has 0 atom stereocenters. The number of hydrazine groups is 1. The second-order valence-corrected chi connectivity index (χ2v) is 7.08. The molecule has 1 heterocycles. The number of nitrogens with one attached hydrogen (secondary N) is 2. The first-order valence-corrected chi connectivity index (χ1v) is 8.83. The fourth-order valence-corrected chi connectivity index (χ4v) is 3.23. The van der Waals surface area contributed by atoms with Crippen LogP contribution in [0.1, 0.15) is 51.2 Å². The van der Waals surface area contributed by atoms with Crippen molar-refractivity contribution in [1.82, 2.24) is 10.9 Å². The van der Waals surface area contributed by atoms with Gasteiger partial charge in [0.15, 0.2) is 0 Å². The number of amides is 1. The first-order chi connectivity index (χ1) is 11.5. The molecule has 3 nitrogen and oxygen atoms in total. The molecule has 0 bridgehead atoms. The number of fused-ring (bicyclic) bond motifs is 1. The van der Waals surface area contributed by atoms with E-state index in [-0.39, 0.29) is 5.91 Å². The minimum absolute atomic E-state index is 0.00856. The number of unbranched alkanes of at least 4 members (excludes halogenated alkanes) is 2. The van der Waals surface area contributed by atoms with Crippen molar-refractivity contribution in [1.29, 1.82) is 0 Å². The van der Waals surface area contributed by atoms with Gasteiger partial charge in [-0.3, -0.25) is 10.2 Å². The molecular formula is C21H26N2O. The van der Waals surface area contributed by atoms with Gasteiger partial charge in [0.1, 0.15) is 0 Å². The van der Waals surface area contributed by atoms with Crippen LogP contribution in [0.25, 0.3) is 16.8 Å². The van der Waals surface area contributed by atoms with Gasteiger partial charge in [0.05, 0.1) is 5.41 Å². The molecule has 1 fully saturated rings. The molecule has 2 N–H and O–H groups in total. The van der Waals surface area contributed by atoms with Gasteiger partial charge in [0.2, 0.25) is 5.91 Å². The summed E-state index contributed by atoms with van der Waals surface area (Å²) in [4.78, 5) is 11.9. The molecule has 0 aliphatic carbocycles. The van der Waals surface area contributed by atoms with E-state index in [4.69, 9.17) is 0 Å². The third kappa shape index (κ3) is 3.03. The van der Waals surface area contributed by atoms with Crippen LogP contribution in [-0.4, -0.2) is 5.91 Å². The topological polar surface area (TPSA) is 41.1 Å². The van der Waals surface area contributed by atoms with Crippen LogP contribution in [-0.2, 0) is 11.2 Å². The van der Waals surface area contributed by atoms with E-state index in [9.17, 15) is 4.79 Å². The molecule has 24 heavy (non-hydrogen) atoms. The number of carbonyl (C=O) groups is 1. The number of aryl methyl sites for hydroxylation is 1. The van der Waals surface area contributed by atoms with Crippen LogP contribution in [0.15, 0.2) is 42.1 Å². The lowest BCUT2D eigenvalue weighted by atomic mass is 9.88. The highest BCUT2D eigenvalue weighted by Crippen LogP contribution is 2.32. The van der Waals surface area contributed by atoms with Crippen molar-refractivity contribution < 1.29 is 4.79 Å². The summed E-state index contributed by atoms with van der Waals surface area (Å²) in [6, 6.07) is 13.0. The van der Waals surface area contributed by atoms with E-state index in [0.29, 0.717) is 0 Å². The molecule has 3 heteroatoms. The maximum atomic E-state index is 11.9. The summed E-state index contributed by atoms with van der Waals surface area (Å²) in [6.07, 6.45) is 6.95. The Labute approximate surface area is 144 Å². The molecular weight excluding hydrogens is 296 g/mol. The maximum absolute atomic E-state index is 11.9. The van der Waals surface area contributed by atoms with Crippen LogP contribution >= 0.6 is 0 Å². The van der Waals surface area contributed by atoms with Gasteiger partial charge in [0, 0.05) is 5.70 Å². The highest BCUT2D eigenvalue weighted by atomic mass is 16.2. The Balaban J connectivity index is 2.01. The summed E-state index contributed by atoms with van der Waals surface area (Å²) >= 11 is 0. The van der Waals surface area contributed by atoms with Crippen LogP contribution in [0, 0.1) is 5.41 Å². The lowest BCUT2D eigenvalue weighted by Crippen LogP contribution is -2.28. The fourth-order valence-electron chi connectivity index (χ4n) is 3.23. The van der Waals surface area contributed by atoms with E-state index in [2.05, 4.69) is 60.2 Å². The van der Waals surface area contributed by atoms with Crippen molar-refractivity contribution in [2.45, 2.75) is 46.5 Å². The van der Waals surface area contributed by atoms with E-state index in [0.717, 1.165) is 17.7 Å². The number of hydrogen-bond acceptors (Lipinski definition) is 2. The quantitative estimate of drug-likeness (QED) is 0.792. The Morgan fingerprint density at radius 1 is 1.00 bits per heavy atom. The lowest BCUT2D eigenvalue weighted by Gasteiger charge is -2.15. The number of benzene rings is 2. The van der Waals surface area contributed by atoms with Gasteiger partial charge in [-0.1, -0.05) is 56.2 Å². The molecule has 2 aromatic rings. The fraction of sp³-hybridized carbons (Fsp3) is 0.381. The van der Waals surface area contributed by atoms with E-state index in [1.807, 2.05) is 13.8 Å². The summed E-state index contributed by atoms with van der Waals surface area (Å²) in [5.74, 6) is 0.00856. The second-order valence-electron chi connectivity index (χ2n) is 7.08. The molecule has 0 aromatic heterocycles. The standard InChI is InChI=1S/C21H26N2O/c1-4-5-6-9-15-12-13-16(18-11-8-7-10-17(15)18)14-19-21(2,3)20(24)23-22-19/h7-8,10-14,22H,4-6,9H2,1-3H3,(H,23,24)/b19-14-. The molecule has 0 unspecified atom stereocenters. The molecule has 0 saturated carbocycles. The summed E-state index contributed by atoms with van der Waals surface area (Å²) < 4.78 is 0. The van der Waals surface area contributed by atoms with Crippen molar-refractivity contribution in [3.63, 3.8) is 0 Å². The van der Waals surface area contributed by atoms with Gasteiger partial charge in [-0.15, -0.1) is 0 Å². The van der Waals surface area contributed by atoms with Crippen LogP contribution in [0.4, 0.5) is 0 Å². The smallest absolute Gasteiger partial charge is 0.249 e. The molecule has 1 aliphatic rings. The van der Waals surface area contributed by atoms with Gasteiger partial charge in [-0.25, -0.2) is 0 Å². The molecule has 3 rings (SSSR count). The predicted molar refractivity (Wildman–Crippen MR) is 100 cm³/mol. The lowest BCUT2D eigenvalue weighted by molar-refractivity contribution is -0.125.